The zero-order valence-electron chi connectivity index (χ0n) is 12.5. The van der Waals surface area contributed by atoms with E-state index in [4.69, 9.17) is 16.2 Å². The van der Waals surface area contributed by atoms with E-state index < -0.39 is 6.67 Å². The van der Waals surface area contributed by atoms with Gasteiger partial charge in [-0.1, -0.05) is 32.0 Å². The molecule has 2 rings (SSSR count). The number of hydrogen-bond donors (Lipinski definition) is 2. The number of nitrogens with two attached hydrogens (primary N) is 2. The van der Waals surface area contributed by atoms with Crippen molar-refractivity contribution in [2.24, 2.45) is 16.5 Å². The molecule has 0 radical (unpaired) electrons. The molecule has 4 N–H and O–H groups in total. The molecule has 0 aromatic heterocycles. The van der Waals surface area contributed by atoms with E-state index in [9.17, 15) is 4.39 Å². The maximum absolute atomic E-state index is 12.0. The topological polar surface area (TPSA) is 73.6 Å². The molecule has 2 aromatic carbocycles. The first-order valence-electron chi connectivity index (χ1n) is 6.96. The SMILES string of the molecule is CC.NC(N)=NCc1ccc2cc(OCCF)ccc2c1. The molecule has 0 spiro atoms. The van der Waals surface area contributed by atoms with Crippen molar-refractivity contribution in [2.75, 3.05) is 13.3 Å². The zero-order chi connectivity index (χ0) is 15.7. The highest BCUT2D eigenvalue weighted by molar-refractivity contribution is 5.84. The molecule has 0 heterocycles. The molecule has 4 nitrogen and oxygen atoms in total. The zero-order valence-corrected chi connectivity index (χ0v) is 12.5. The van der Waals surface area contributed by atoms with E-state index in [0.29, 0.717) is 12.3 Å². The molecular formula is C16H22FN3O. The minimum atomic E-state index is -0.491. The van der Waals surface area contributed by atoms with E-state index in [1.54, 1.807) is 0 Å². The van der Waals surface area contributed by atoms with Gasteiger partial charge in [0.25, 0.3) is 0 Å². The van der Waals surface area contributed by atoms with Gasteiger partial charge >= 0.3 is 0 Å². The first kappa shape index (κ1) is 16.8. The Hall–Kier alpha value is -2.30. The van der Waals surface area contributed by atoms with Crippen molar-refractivity contribution in [3.8, 4) is 5.75 Å². The molecule has 0 amide bonds. The van der Waals surface area contributed by atoms with Gasteiger partial charge in [-0.3, -0.25) is 0 Å². The van der Waals surface area contributed by atoms with Crippen molar-refractivity contribution < 1.29 is 9.13 Å². The molecule has 0 atom stereocenters. The maximum atomic E-state index is 12.0. The second kappa shape index (κ2) is 8.79. The lowest BCUT2D eigenvalue weighted by molar-refractivity contribution is 0.273. The summed E-state index contributed by atoms with van der Waals surface area (Å²) in [4.78, 5) is 3.97. The molecule has 21 heavy (non-hydrogen) atoms. The number of hydrogen-bond acceptors (Lipinski definition) is 2. The quantitative estimate of drug-likeness (QED) is 0.657. The van der Waals surface area contributed by atoms with Gasteiger partial charge in [-0.15, -0.1) is 0 Å². The van der Waals surface area contributed by atoms with Gasteiger partial charge in [0, 0.05) is 0 Å². The average Bonchev–Trinajstić information content (AvgIpc) is 2.52. The Balaban J connectivity index is 0.00000106. The van der Waals surface area contributed by atoms with E-state index in [0.717, 1.165) is 16.3 Å². The van der Waals surface area contributed by atoms with E-state index in [2.05, 4.69) is 4.99 Å². The third-order valence-corrected chi connectivity index (χ3v) is 2.67. The highest BCUT2D eigenvalue weighted by Gasteiger charge is 1.99. The van der Waals surface area contributed by atoms with Gasteiger partial charge in [0.1, 0.15) is 19.0 Å². The Morgan fingerprint density at radius 2 is 1.76 bits per heavy atom. The summed E-state index contributed by atoms with van der Waals surface area (Å²) in [6.45, 7) is 4.04. The van der Waals surface area contributed by atoms with Gasteiger partial charge in [-0.2, -0.15) is 0 Å². The normalized spacial score (nSPS) is 9.67. The van der Waals surface area contributed by atoms with Crippen LogP contribution in [0.15, 0.2) is 41.4 Å². The molecule has 5 heteroatoms. The molecule has 0 aliphatic carbocycles. The van der Waals surface area contributed by atoms with Crippen LogP contribution in [0.1, 0.15) is 19.4 Å². The maximum Gasteiger partial charge on any atom is 0.186 e. The van der Waals surface area contributed by atoms with Crippen LogP contribution in [0.3, 0.4) is 0 Å². The van der Waals surface area contributed by atoms with Crippen molar-refractivity contribution in [1.82, 2.24) is 0 Å². The second-order valence-electron chi connectivity index (χ2n) is 4.12. The fraction of sp³-hybridized carbons (Fsp3) is 0.312. The minimum Gasteiger partial charge on any atom is -0.491 e. The largest absolute Gasteiger partial charge is 0.491 e. The highest BCUT2D eigenvalue weighted by Crippen LogP contribution is 2.22. The Labute approximate surface area is 124 Å². The van der Waals surface area contributed by atoms with Crippen molar-refractivity contribution in [2.45, 2.75) is 20.4 Å². The molecule has 0 fully saturated rings. The van der Waals surface area contributed by atoms with Gasteiger partial charge in [0.15, 0.2) is 5.96 Å². The summed E-state index contributed by atoms with van der Waals surface area (Å²) in [5.74, 6) is 0.747. The summed E-state index contributed by atoms with van der Waals surface area (Å²) >= 11 is 0. The van der Waals surface area contributed by atoms with Crippen LogP contribution in [-0.4, -0.2) is 19.2 Å². The number of rotatable bonds is 5. The molecule has 0 bridgehead atoms. The Morgan fingerprint density at radius 1 is 1.10 bits per heavy atom. The number of fused-ring (bicyclic) bond motifs is 1. The number of halogens is 1. The summed E-state index contributed by atoms with van der Waals surface area (Å²) in [6, 6.07) is 11.6. The number of alkyl halides is 1. The van der Waals surface area contributed by atoms with Crippen molar-refractivity contribution >= 4 is 16.7 Å². The van der Waals surface area contributed by atoms with Crippen LogP contribution in [0, 0.1) is 0 Å². The van der Waals surface area contributed by atoms with E-state index in [1.165, 1.54) is 0 Å². The van der Waals surface area contributed by atoms with Crippen molar-refractivity contribution in [3.63, 3.8) is 0 Å². The lowest BCUT2D eigenvalue weighted by Crippen LogP contribution is -2.22. The molecule has 0 saturated heterocycles. The van der Waals surface area contributed by atoms with Gasteiger partial charge in [0.05, 0.1) is 6.54 Å². The monoisotopic (exact) mass is 291 g/mol. The predicted octanol–water partition coefficient (Wildman–Crippen LogP) is 2.99. The Kier molecular flexibility index (Phi) is 7.01. The van der Waals surface area contributed by atoms with Crippen LogP contribution in [0.5, 0.6) is 5.75 Å². The predicted molar refractivity (Wildman–Crippen MR) is 86.3 cm³/mol. The summed E-state index contributed by atoms with van der Waals surface area (Å²) in [5, 5.41) is 2.10. The molecule has 2 aromatic rings. The summed E-state index contributed by atoms with van der Waals surface area (Å²) < 4.78 is 17.3. The Bertz CT molecular complexity index is 595. The Morgan fingerprint density at radius 3 is 2.43 bits per heavy atom. The smallest absolute Gasteiger partial charge is 0.186 e. The lowest BCUT2D eigenvalue weighted by Gasteiger charge is -2.06. The fourth-order valence-corrected chi connectivity index (χ4v) is 1.80. The third-order valence-electron chi connectivity index (χ3n) is 2.67. The standard InChI is InChI=1S/C14H16FN3O.C2H6/c15-5-6-19-13-4-3-11-7-10(9-18-14(16)17)1-2-12(11)8-13;1-2/h1-4,7-8H,5-6,9H2,(H4,16,17,18);1-2H3. The summed E-state index contributed by atoms with van der Waals surface area (Å²) in [7, 11) is 0. The van der Waals surface area contributed by atoms with Gasteiger partial charge in [0.2, 0.25) is 0 Å². The molecule has 0 aliphatic rings. The van der Waals surface area contributed by atoms with Gasteiger partial charge in [-0.25, -0.2) is 9.38 Å². The first-order valence-corrected chi connectivity index (χ1v) is 6.96. The van der Waals surface area contributed by atoms with Crippen LogP contribution in [0.4, 0.5) is 4.39 Å². The van der Waals surface area contributed by atoms with Gasteiger partial charge in [-0.05, 0) is 34.5 Å². The fourth-order valence-electron chi connectivity index (χ4n) is 1.80. The van der Waals surface area contributed by atoms with Crippen LogP contribution in [0.2, 0.25) is 0 Å². The molecule has 114 valence electrons. The number of aliphatic imine (C=N–C) groups is 1. The van der Waals surface area contributed by atoms with Crippen LogP contribution < -0.4 is 16.2 Å². The second-order valence-corrected chi connectivity index (χ2v) is 4.12. The molecule has 0 saturated carbocycles. The number of benzene rings is 2. The number of ether oxygens (including phenoxy) is 1. The minimum absolute atomic E-state index is 0.0775. The van der Waals surface area contributed by atoms with E-state index in [1.807, 2.05) is 50.2 Å². The summed E-state index contributed by atoms with van der Waals surface area (Å²) in [6.07, 6.45) is 0. The van der Waals surface area contributed by atoms with Crippen LogP contribution in [-0.2, 0) is 6.54 Å². The first-order chi connectivity index (χ1) is 10.2. The summed E-state index contributed by atoms with van der Waals surface area (Å²) in [5.41, 5.74) is 11.6. The van der Waals surface area contributed by atoms with Crippen molar-refractivity contribution in [1.29, 1.82) is 0 Å². The van der Waals surface area contributed by atoms with Crippen molar-refractivity contribution in [3.05, 3.63) is 42.0 Å². The van der Waals surface area contributed by atoms with Crippen LogP contribution >= 0.6 is 0 Å². The number of nitrogens with zero attached hydrogens (tertiary/aromatic N) is 1. The molecular weight excluding hydrogens is 269 g/mol. The van der Waals surface area contributed by atoms with E-state index in [-0.39, 0.29) is 12.6 Å². The van der Waals surface area contributed by atoms with E-state index >= 15 is 0 Å². The van der Waals surface area contributed by atoms with Gasteiger partial charge < -0.3 is 16.2 Å². The highest BCUT2D eigenvalue weighted by atomic mass is 19.1. The lowest BCUT2D eigenvalue weighted by atomic mass is 10.1. The average molecular weight is 291 g/mol. The molecule has 0 unspecified atom stereocenters. The number of guanidine groups is 1. The molecule has 0 aliphatic heterocycles. The van der Waals surface area contributed by atoms with Crippen LogP contribution in [0.25, 0.3) is 10.8 Å². The third kappa shape index (κ3) is 5.30.